The average molecular weight is 479 g/mol. The van der Waals surface area contributed by atoms with Crippen LogP contribution in [-0.4, -0.2) is 34.4 Å². The van der Waals surface area contributed by atoms with Crippen LogP contribution < -0.4 is 10.4 Å². The molecule has 3 atom stereocenters. The molecular weight excluding hydrogens is 436 g/mol. The van der Waals surface area contributed by atoms with Crippen LogP contribution in [0.15, 0.2) is 72.8 Å². The van der Waals surface area contributed by atoms with Gasteiger partial charge in [-0.25, -0.2) is 0 Å². The third-order valence-electron chi connectivity index (χ3n) is 7.33. The molecule has 1 aliphatic heterocycles. The fraction of sp³-hybridized carbons (Fsp3) is 0.533. The van der Waals surface area contributed by atoms with Gasteiger partial charge in [-0.3, -0.25) is 0 Å². The van der Waals surface area contributed by atoms with Gasteiger partial charge in [-0.15, -0.1) is 0 Å². The lowest BCUT2D eigenvalue weighted by Gasteiger charge is -2.43. The van der Waals surface area contributed by atoms with Crippen molar-refractivity contribution in [3.05, 3.63) is 72.8 Å². The minimum absolute atomic E-state index is 0.0218. The molecule has 2 fully saturated rings. The third kappa shape index (κ3) is 6.28. The average Bonchev–Trinajstić information content (AvgIpc) is 3.61. The molecule has 0 aromatic heterocycles. The summed E-state index contributed by atoms with van der Waals surface area (Å²) in [6.07, 6.45) is 11.5. The summed E-state index contributed by atoms with van der Waals surface area (Å²) in [7, 11) is -2.41. The van der Waals surface area contributed by atoms with E-state index in [9.17, 15) is 0 Å². The van der Waals surface area contributed by atoms with Crippen molar-refractivity contribution in [3.63, 3.8) is 0 Å². The first kappa shape index (κ1) is 25.4. The molecule has 2 aromatic carbocycles. The summed E-state index contributed by atoms with van der Waals surface area (Å²) in [5.74, 6) is 1.41. The Kier molecular flexibility index (Phi) is 8.81. The fourth-order valence-corrected chi connectivity index (χ4v) is 9.92. The van der Waals surface area contributed by atoms with Gasteiger partial charge < -0.3 is 13.9 Å². The first-order chi connectivity index (χ1) is 16.5. The minimum Gasteiger partial charge on any atom is -0.407 e. The molecule has 2 aromatic rings. The summed E-state index contributed by atoms with van der Waals surface area (Å²) in [4.78, 5) is 0. The van der Waals surface area contributed by atoms with Crippen LogP contribution in [0.5, 0.6) is 0 Å². The Bertz CT molecular complexity index is 845. The highest BCUT2D eigenvalue weighted by Gasteiger charge is 2.51. The number of allylic oxidation sites excluding steroid dienone is 1. The molecule has 0 amide bonds. The summed E-state index contributed by atoms with van der Waals surface area (Å²) in [5.41, 5.74) is 0. The van der Waals surface area contributed by atoms with Gasteiger partial charge in [0.1, 0.15) is 0 Å². The van der Waals surface area contributed by atoms with E-state index in [0.29, 0.717) is 5.92 Å². The highest BCUT2D eigenvalue weighted by atomic mass is 28.4. The largest absolute Gasteiger partial charge is 0.407 e. The fourth-order valence-electron chi connectivity index (χ4n) is 5.30. The van der Waals surface area contributed by atoms with Gasteiger partial charge in [0.05, 0.1) is 6.61 Å². The number of hydrogen-bond donors (Lipinski definition) is 0. The second-order valence-electron chi connectivity index (χ2n) is 10.9. The standard InChI is InChI=1S/C30H42O3Si/c1-30(2,3)34(27-16-8-4-9-17-27,28-18-10-5-11-19-28)33-24-26-23-25(26)15-7-6-13-21-31-29-20-12-14-22-32-29/h4-11,16-19,25-26,29H,12-15,20-24H2,1-3H3/t25-,26-,29?/m0/s1. The Morgan fingerprint density at radius 3 is 2.18 bits per heavy atom. The molecule has 1 saturated carbocycles. The van der Waals surface area contributed by atoms with E-state index in [1.54, 1.807) is 0 Å². The zero-order valence-electron chi connectivity index (χ0n) is 21.2. The van der Waals surface area contributed by atoms with Crippen LogP contribution in [0.2, 0.25) is 5.04 Å². The van der Waals surface area contributed by atoms with Crippen molar-refractivity contribution >= 4 is 18.7 Å². The van der Waals surface area contributed by atoms with Crippen LogP contribution in [0, 0.1) is 11.8 Å². The molecule has 0 bridgehead atoms. The van der Waals surface area contributed by atoms with Crippen LogP contribution in [0.3, 0.4) is 0 Å². The van der Waals surface area contributed by atoms with Crippen molar-refractivity contribution in [1.82, 2.24) is 0 Å². The lowest BCUT2D eigenvalue weighted by atomic mass is 10.2. The summed E-state index contributed by atoms with van der Waals surface area (Å²) < 4.78 is 18.6. The topological polar surface area (TPSA) is 27.7 Å². The molecule has 1 aliphatic carbocycles. The van der Waals surface area contributed by atoms with E-state index in [0.717, 1.165) is 45.0 Å². The molecule has 34 heavy (non-hydrogen) atoms. The molecule has 1 saturated heterocycles. The molecule has 3 nitrogen and oxygen atoms in total. The molecule has 4 heteroatoms. The van der Waals surface area contributed by atoms with E-state index in [4.69, 9.17) is 13.9 Å². The lowest BCUT2D eigenvalue weighted by molar-refractivity contribution is -0.161. The van der Waals surface area contributed by atoms with Crippen LogP contribution >= 0.6 is 0 Å². The van der Waals surface area contributed by atoms with E-state index in [1.165, 1.54) is 29.6 Å². The van der Waals surface area contributed by atoms with E-state index in [1.807, 2.05) is 0 Å². The monoisotopic (exact) mass is 478 g/mol. The van der Waals surface area contributed by atoms with E-state index < -0.39 is 8.32 Å². The number of benzene rings is 2. The maximum Gasteiger partial charge on any atom is 0.261 e. The Balaban J connectivity index is 1.31. The van der Waals surface area contributed by atoms with Crippen LogP contribution in [0.1, 0.15) is 59.3 Å². The maximum atomic E-state index is 7.11. The van der Waals surface area contributed by atoms with Gasteiger partial charge in [-0.1, -0.05) is 93.6 Å². The molecule has 1 unspecified atom stereocenters. The Morgan fingerprint density at radius 1 is 0.912 bits per heavy atom. The normalized spacial score (nSPS) is 23.3. The molecule has 2 aliphatic rings. The van der Waals surface area contributed by atoms with Crippen molar-refractivity contribution in [2.75, 3.05) is 19.8 Å². The number of ether oxygens (including phenoxy) is 2. The van der Waals surface area contributed by atoms with Crippen molar-refractivity contribution in [1.29, 1.82) is 0 Å². The zero-order chi connectivity index (χ0) is 23.9. The van der Waals surface area contributed by atoms with Crippen molar-refractivity contribution in [3.8, 4) is 0 Å². The van der Waals surface area contributed by atoms with Crippen LogP contribution in [-0.2, 0) is 13.9 Å². The van der Waals surface area contributed by atoms with Crippen molar-refractivity contribution in [2.45, 2.75) is 70.6 Å². The van der Waals surface area contributed by atoms with Gasteiger partial charge in [0.15, 0.2) is 6.29 Å². The molecule has 1 heterocycles. The van der Waals surface area contributed by atoms with E-state index >= 15 is 0 Å². The smallest absolute Gasteiger partial charge is 0.261 e. The first-order valence-corrected chi connectivity index (χ1v) is 15.0. The second kappa shape index (κ2) is 11.8. The third-order valence-corrected chi connectivity index (χ3v) is 12.3. The predicted molar refractivity (Wildman–Crippen MR) is 143 cm³/mol. The first-order valence-electron chi connectivity index (χ1n) is 13.1. The van der Waals surface area contributed by atoms with Crippen molar-refractivity contribution in [2.24, 2.45) is 11.8 Å². The summed E-state index contributed by atoms with van der Waals surface area (Å²) in [5, 5.41) is 2.78. The highest BCUT2D eigenvalue weighted by Crippen LogP contribution is 2.44. The Labute approximate surface area is 207 Å². The van der Waals surface area contributed by atoms with Gasteiger partial charge in [-0.2, -0.15) is 0 Å². The van der Waals surface area contributed by atoms with Gasteiger partial charge in [0.25, 0.3) is 8.32 Å². The predicted octanol–water partition coefficient (Wildman–Crippen LogP) is 6.08. The number of hydrogen-bond acceptors (Lipinski definition) is 3. The molecule has 0 radical (unpaired) electrons. The van der Waals surface area contributed by atoms with Crippen molar-refractivity contribution < 1.29 is 13.9 Å². The van der Waals surface area contributed by atoms with E-state index in [-0.39, 0.29) is 11.3 Å². The summed E-state index contributed by atoms with van der Waals surface area (Å²) >= 11 is 0. The van der Waals surface area contributed by atoms with Gasteiger partial charge >= 0.3 is 0 Å². The highest BCUT2D eigenvalue weighted by molar-refractivity contribution is 6.99. The van der Waals surface area contributed by atoms with Gasteiger partial charge in [0.2, 0.25) is 0 Å². The van der Waals surface area contributed by atoms with E-state index in [2.05, 4.69) is 93.6 Å². The molecular formula is C30H42O3Si. The molecule has 184 valence electrons. The van der Waals surface area contributed by atoms with Gasteiger partial charge in [0, 0.05) is 13.2 Å². The molecule has 4 rings (SSSR count). The van der Waals surface area contributed by atoms with Crippen LogP contribution in [0.4, 0.5) is 0 Å². The SMILES string of the molecule is CC(C)(C)[Si](OC[C@@H]1C[C@@H]1CC=CCCOC1CCCCO1)(c1ccccc1)c1ccccc1. The summed E-state index contributed by atoms with van der Waals surface area (Å²) in [6.45, 7) is 9.52. The quantitative estimate of drug-likeness (QED) is 0.223. The Morgan fingerprint density at radius 2 is 1.59 bits per heavy atom. The Hall–Kier alpha value is -1.72. The van der Waals surface area contributed by atoms with Gasteiger partial charge in [-0.05, 0) is 65.8 Å². The zero-order valence-corrected chi connectivity index (χ0v) is 22.2. The summed E-state index contributed by atoms with van der Waals surface area (Å²) in [6, 6.07) is 21.9. The molecule has 0 N–H and O–H groups in total. The second-order valence-corrected chi connectivity index (χ2v) is 15.2. The number of rotatable bonds is 11. The lowest BCUT2D eigenvalue weighted by Crippen LogP contribution is -2.66. The maximum absolute atomic E-state index is 7.11. The van der Waals surface area contributed by atoms with Crippen LogP contribution in [0.25, 0.3) is 0 Å². The minimum atomic E-state index is -2.41. The molecule has 0 spiro atoms.